The van der Waals surface area contributed by atoms with Gasteiger partial charge in [0.2, 0.25) is 0 Å². The second-order valence-electron chi connectivity index (χ2n) is 5.97. The first-order chi connectivity index (χ1) is 11.9. The summed E-state index contributed by atoms with van der Waals surface area (Å²) < 4.78 is 5.21. The van der Waals surface area contributed by atoms with Crippen molar-refractivity contribution >= 4 is 17.6 Å². The molecule has 0 saturated heterocycles. The van der Waals surface area contributed by atoms with Crippen LogP contribution in [0.5, 0.6) is 0 Å². The number of nitrogens with zero attached hydrogens (tertiary/aromatic N) is 1. The lowest BCUT2D eigenvalue weighted by Gasteiger charge is -2.14. The molecule has 2 aromatic rings. The maximum Gasteiger partial charge on any atom is 0.338 e. The van der Waals surface area contributed by atoms with Crippen LogP contribution in [0.3, 0.4) is 0 Å². The molecule has 25 heavy (non-hydrogen) atoms. The van der Waals surface area contributed by atoms with E-state index >= 15 is 0 Å². The summed E-state index contributed by atoms with van der Waals surface area (Å²) in [5.41, 5.74) is 2.25. The van der Waals surface area contributed by atoms with Crippen LogP contribution < -0.4 is 5.32 Å². The van der Waals surface area contributed by atoms with E-state index in [0.29, 0.717) is 22.7 Å². The number of ether oxygens (including phenoxy) is 1. The lowest BCUT2D eigenvalue weighted by molar-refractivity contribution is -0.123. The van der Waals surface area contributed by atoms with E-state index in [1.807, 2.05) is 18.2 Å². The molecule has 0 saturated carbocycles. The molecule has 5 nitrogen and oxygen atoms in total. The van der Waals surface area contributed by atoms with Gasteiger partial charge in [-0.25, -0.2) is 4.79 Å². The van der Waals surface area contributed by atoms with Crippen molar-refractivity contribution in [2.75, 3.05) is 5.32 Å². The average molecular weight is 336 g/mol. The van der Waals surface area contributed by atoms with Crippen LogP contribution in [0, 0.1) is 11.3 Å². The van der Waals surface area contributed by atoms with Gasteiger partial charge in [0.25, 0.3) is 5.91 Å². The Morgan fingerprint density at radius 1 is 1.04 bits per heavy atom. The summed E-state index contributed by atoms with van der Waals surface area (Å²) >= 11 is 0. The monoisotopic (exact) mass is 336 g/mol. The van der Waals surface area contributed by atoms with Crippen molar-refractivity contribution in [1.82, 2.24) is 0 Å². The second kappa shape index (κ2) is 8.11. The third kappa shape index (κ3) is 4.67. The zero-order chi connectivity index (χ0) is 18.4. The lowest BCUT2D eigenvalue weighted by atomic mass is 10.0. The van der Waals surface area contributed by atoms with Gasteiger partial charge >= 0.3 is 5.97 Å². The molecular weight excluding hydrogens is 316 g/mol. The molecule has 0 aromatic heterocycles. The first-order valence-electron chi connectivity index (χ1n) is 8.03. The number of carbonyl (C=O) groups excluding carboxylic acids is 2. The van der Waals surface area contributed by atoms with Crippen LogP contribution in [0.4, 0.5) is 5.69 Å². The minimum atomic E-state index is -0.982. The van der Waals surface area contributed by atoms with Crippen LogP contribution in [-0.2, 0) is 9.53 Å². The summed E-state index contributed by atoms with van der Waals surface area (Å²) in [5.74, 6) is -0.684. The molecule has 128 valence electrons. The van der Waals surface area contributed by atoms with Crippen LogP contribution in [0.15, 0.2) is 48.5 Å². The number of amides is 1. The normalized spacial score (nSPS) is 11.5. The first-order valence-corrected chi connectivity index (χ1v) is 8.03. The van der Waals surface area contributed by atoms with Gasteiger partial charge in [0, 0.05) is 0 Å². The summed E-state index contributed by atoms with van der Waals surface area (Å²) in [7, 11) is 0. The molecule has 0 spiro atoms. The molecule has 0 aliphatic rings. The van der Waals surface area contributed by atoms with Gasteiger partial charge in [-0.1, -0.05) is 38.1 Å². The van der Waals surface area contributed by atoms with Crippen LogP contribution in [-0.4, -0.2) is 18.0 Å². The number of para-hydroxylation sites is 1. The van der Waals surface area contributed by atoms with E-state index in [-0.39, 0.29) is 0 Å². The highest BCUT2D eigenvalue weighted by molar-refractivity contribution is 5.98. The molecule has 0 fully saturated rings. The van der Waals surface area contributed by atoms with Crippen molar-refractivity contribution < 1.29 is 14.3 Å². The largest absolute Gasteiger partial charge is 0.449 e. The number of benzene rings is 2. The highest BCUT2D eigenvalue weighted by Gasteiger charge is 2.20. The third-order valence-electron chi connectivity index (χ3n) is 3.77. The summed E-state index contributed by atoms with van der Waals surface area (Å²) in [6.45, 7) is 5.63. The van der Waals surface area contributed by atoms with E-state index in [9.17, 15) is 9.59 Å². The molecule has 1 amide bonds. The standard InChI is InChI=1S/C20H20N2O3/c1-13(2)15-8-10-16(11-9-15)20(24)25-14(3)19(23)22-18-7-5-4-6-17(18)12-21/h4-11,13-14H,1-3H3,(H,22,23)/t14-/m1/s1. The lowest BCUT2D eigenvalue weighted by Crippen LogP contribution is -2.30. The minimum Gasteiger partial charge on any atom is -0.449 e. The van der Waals surface area contributed by atoms with Gasteiger partial charge < -0.3 is 10.1 Å². The maximum atomic E-state index is 12.2. The third-order valence-corrected chi connectivity index (χ3v) is 3.77. The van der Waals surface area contributed by atoms with Gasteiger partial charge in [-0.05, 0) is 42.7 Å². The predicted octanol–water partition coefficient (Wildman–Crippen LogP) is 3.87. The first kappa shape index (κ1) is 18.2. The topological polar surface area (TPSA) is 79.2 Å². The Morgan fingerprint density at radius 3 is 2.28 bits per heavy atom. The fraction of sp³-hybridized carbons (Fsp3) is 0.250. The number of hydrogen-bond donors (Lipinski definition) is 1. The second-order valence-corrected chi connectivity index (χ2v) is 5.97. The molecular formula is C20H20N2O3. The zero-order valence-electron chi connectivity index (χ0n) is 14.4. The Hall–Kier alpha value is -3.13. The van der Waals surface area contributed by atoms with E-state index in [2.05, 4.69) is 19.2 Å². The van der Waals surface area contributed by atoms with E-state index in [1.165, 1.54) is 6.92 Å². The number of anilines is 1. The quantitative estimate of drug-likeness (QED) is 0.841. The molecule has 2 rings (SSSR count). The van der Waals surface area contributed by atoms with Gasteiger partial charge in [-0.3, -0.25) is 4.79 Å². The zero-order valence-corrected chi connectivity index (χ0v) is 14.4. The number of nitriles is 1. The van der Waals surface area contributed by atoms with E-state index in [0.717, 1.165) is 5.56 Å². The Bertz CT molecular complexity index is 804. The van der Waals surface area contributed by atoms with Crippen molar-refractivity contribution in [2.24, 2.45) is 0 Å². The van der Waals surface area contributed by atoms with E-state index in [1.54, 1.807) is 36.4 Å². The SMILES string of the molecule is CC(C)c1ccc(C(=O)O[C@H](C)C(=O)Nc2ccccc2C#N)cc1. The van der Waals surface area contributed by atoms with Crippen molar-refractivity contribution in [3.8, 4) is 6.07 Å². The van der Waals surface area contributed by atoms with Crippen molar-refractivity contribution in [3.05, 3.63) is 65.2 Å². The van der Waals surface area contributed by atoms with Crippen LogP contribution in [0.1, 0.15) is 48.2 Å². The maximum absolute atomic E-state index is 12.2. The van der Waals surface area contributed by atoms with Gasteiger partial charge in [-0.2, -0.15) is 5.26 Å². The fourth-order valence-corrected chi connectivity index (χ4v) is 2.21. The van der Waals surface area contributed by atoms with Crippen LogP contribution in [0.25, 0.3) is 0 Å². The summed E-state index contributed by atoms with van der Waals surface area (Å²) in [4.78, 5) is 24.4. The van der Waals surface area contributed by atoms with Gasteiger partial charge in [-0.15, -0.1) is 0 Å². The smallest absolute Gasteiger partial charge is 0.338 e. The average Bonchev–Trinajstić information content (AvgIpc) is 2.62. The number of carbonyl (C=O) groups is 2. The van der Waals surface area contributed by atoms with Crippen molar-refractivity contribution in [3.63, 3.8) is 0 Å². The van der Waals surface area contributed by atoms with Crippen molar-refractivity contribution in [1.29, 1.82) is 5.26 Å². The summed E-state index contributed by atoms with van der Waals surface area (Å²) in [5, 5.41) is 11.6. The van der Waals surface area contributed by atoms with Crippen LogP contribution in [0.2, 0.25) is 0 Å². The molecule has 0 unspecified atom stereocenters. The number of hydrogen-bond acceptors (Lipinski definition) is 4. The Labute approximate surface area is 147 Å². The molecule has 1 N–H and O–H groups in total. The molecule has 0 heterocycles. The van der Waals surface area contributed by atoms with E-state index < -0.39 is 18.0 Å². The summed E-state index contributed by atoms with van der Waals surface area (Å²) in [6.07, 6.45) is -0.982. The molecule has 0 bridgehead atoms. The molecule has 0 radical (unpaired) electrons. The number of nitrogens with one attached hydrogen (secondary N) is 1. The van der Waals surface area contributed by atoms with E-state index in [4.69, 9.17) is 10.00 Å². The van der Waals surface area contributed by atoms with Gasteiger partial charge in [0.1, 0.15) is 6.07 Å². The summed E-state index contributed by atoms with van der Waals surface area (Å²) in [6, 6.07) is 15.8. The molecule has 1 atom stereocenters. The predicted molar refractivity (Wildman–Crippen MR) is 95.2 cm³/mol. The molecule has 5 heteroatoms. The highest BCUT2D eigenvalue weighted by Crippen LogP contribution is 2.17. The Morgan fingerprint density at radius 2 is 1.68 bits per heavy atom. The van der Waals surface area contributed by atoms with Crippen LogP contribution >= 0.6 is 0 Å². The molecule has 0 aliphatic heterocycles. The highest BCUT2D eigenvalue weighted by atomic mass is 16.5. The molecule has 2 aromatic carbocycles. The Kier molecular flexibility index (Phi) is 5.91. The minimum absolute atomic E-state index is 0.346. The van der Waals surface area contributed by atoms with Crippen molar-refractivity contribution in [2.45, 2.75) is 32.8 Å². The number of rotatable bonds is 5. The fourth-order valence-electron chi connectivity index (χ4n) is 2.21. The molecule has 0 aliphatic carbocycles. The Balaban J connectivity index is 2.00. The number of esters is 1. The van der Waals surface area contributed by atoms with Gasteiger partial charge in [0.15, 0.2) is 6.10 Å². The van der Waals surface area contributed by atoms with Gasteiger partial charge in [0.05, 0.1) is 16.8 Å².